The minimum atomic E-state index is 0.884. The Morgan fingerprint density at radius 2 is 1.19 bits per heavy atom. The number of aromatic nitrogens is 4. The highest BCUT2D eigenvalue weighted by atomic mass is 79.9. The van der Waals surface area contributed by atoms with Gasteiger partial charge < -0.3 is 9.13 Å². The Balaban J connectivity index is 0.000000160. The van der Waals surface area contributed by atoms with Gasteiger partial charge in [0.15, 0.2) is 9.47 Å². The van der Waals surface area contributed by atoms with Gasteiger partial charge in [0, 0.05) is 26.5 Å². The fourth-order valence-electron chi connectivity index (χ4n) is 1.17. The van der Waals surface area contributed by atoms with Gasteiger partial charge in [-0.1, -0.05) is 0 Å². The first-order valence-corrected chi connectivity index (χ1v) is 6.29. The van der Waals surface area contributed by atoms with Gasteiger partial charge in [-0.3, -0.25) is 0 Å². The molecule has 88 valence electrons. The number of halogens is 2. The summed E-state index contributed by atoms with van der Waals surface area (Å²) in [4.78, 5) is 8.18. The molecule has 0 saturated carbocycles. The van der Waals surface area contributed by atoms with E-state index in [1.54, 1.807) is 0 Å². The Bertz CT molecular complexity index is 390. The fourth-order valence-corrected chi connectivity index (χ4v) is 1.94. The number of aryl methyl sites for hydroxylation is 4. The van der Waals surface area contributed by atoms with Crippen molar-refractivity contribution in [3.05, 3.63) is 33.2 Å². The van der Waals surface area contributed by atoms with Crippen molar-refractivity contribution in [2.75, 3.05) is 0 Å². The van der Waals surface area contributed by atoms with Crippen LogP contribution in [0, 0.1) is 13.8 Å². The van der Waals surface area contributed by atoms with E-state index in [0.717, 1.165) is 20.9 Å². The fraction of sp³-hybridized carbons (Fsp3) is 0.400. The maximum Gasteiger partial charge on any atom is 0.177 e. The van der Waals surface area contributed by atoms with Crippen LogP contribution in [-0.2, 0) is 14.1 Å². The van der Waals surface area contributed by atoms with Crippen molar-refractivity contribution in [3.63, 3.8) is 0 Å². The van der Waals surface area contributed by atoms with E-state index < -0.39 is 0 Å². The normalized spacial score (nSPS) is 9.88. The molecule has 0 amide bonds. The third-order valence-electron chi connectivity index (χ3n) is 1.88. The van der Waals surface area contributed by atoms with Crippen LogP contribution in [-0.4, -0.2) is 19.1 Å². The molecule has 2 heterocycles. The van der Waals surface area contributed by atoms with E-state index in [1.807, 2.05) is 49.5 Å². The molecule has 0 atom stereocenters. The summed E-state index contributed by atoms with van der Waals surface area (Å²) in [6.45, 7) is 3.93. The van der Waals surface area contributed by atoms with Crippen LogP contribution in [0.2, 0.25) is 0 Å². The zero-order valence-corrected chi connectivity index (χ0v) is 12.9. The molecule has 0 aliphatic carbocycles. The van der Waals surface area contributed by atoms with E-state index in [1.165, 1.54) is 0 Å². The lowest BCUT2D eigenvalue weighted by molar-refractivity contribution is 0.881. The van der Waals surface area contributed by atoms with Crippen molar-refractivity contribution < 1.29 is 0 Å². The highest BCUT2D eigenvalue weighted by molar-refractivity contribution is 9.10. The molecule has 0 aromatic carbocycles. The lowest BCUT2D eigenvalue weighted by atomic mass is 10.6. The van der Waals surface area contributed by atoms with Gasteiger partial charge in [0.25, 0.3) is 0 Å². The Kier molecular flexibility index (Phi) is 4.73. The predicted octanol–water partition coefficient (Wildman–Crippen LogP) is 2.98. The van der Waals surface area contributed by atoms with Gasteiger partial charge in [-0.05, 0) is 45.7 Å². The van der Waals surface area contributed by atoms with Gasteiger partial charge >= 0.3 is 0 Å². The molecule has 0 aliphatic heterocycles. The Hall–Kier alpha value is -0.620. The van der Waals surface area contributed by atoms with Crippen molar-refractivity contribution in [2.45, 2.75) is 13.8 Å². The molecule has 2 aromatic rings. The molecular formula is C10H14Br2N4. The summed E-state index contributed by atoms with van der Waals surface area (Å²) in [5.74, 6) is 0. The summed E-state index contributed by atoms with van der Waals surface area (Å²) in [6, 6.07) is 0. The average Bonchev–Trinajstić information content (AvgIpc) is 2.58. The monoisotopic (exact) mass is 348 g/mol. The smallest absolute Gasteiger partial charge is 0.177 e. The van der Waals surface area contributed by atoms with Crippen LogP contribution in [0.25, 0.3) is 0 Å². The molecular weight excluding hydrogens is 336 g/mol. The number of imidazole rings is 2. The Morgan fingerprint density at radius 1 is 0.875 bits per heavy atom. The molecule has 6 heteroatoms. The molecule has 0 N–H and O–H groups in total. The molecule has 0 unspecified atom stereocenters. The van der Waals surface area contributed by atoms with Crippen molar-refractivity contribution in [2.24, 2.45) is 14.1 Å². The van der Waals surface area contributed by atoms with Crippen molar-refractivity contribution in [1.29, 1.82) is 0 Å². The first-order valence-electron chi connectivity index (χ1n) is 4.71. The summed E-state index contributed by atoms with van der Waals surface area (Å²) in [5.41, 5.74) is 2.08. The molecule has 0 aliphatic rings. The molecule has 2 aromatic heterocycles. The molecule has 0 radical (unpaired) electrons. The van der Waals surface area contributed by atoms with Crippen LogP contribution in [0.3, 0.4) is 0 Å². The molecule has 0 spiro atoms. The number of hydrogen-bond acceptors (Lipinski definition) is 2. The Labute approximate surface area is 112 Å². The first kappa shape index (κ1) is 13.4. The highest BCUT2D eigenvalue weighted by Gasteiger charge is 1.94. The van der Waals surface area contributed by atoms with E-state index in [-0.39, 0.29) is 0 Å². The van der Waals surface area contributed by atoms with Gasteiger partial charge in [-0.2, -0.15) is 0 Å². The first-order chi connectivity index (χ1) is 7.40. The summed E-state index contributed by atoms with van der Waals surface area (Å²) >= 11 is 6.54. The third kappa shape index (κ3) is 3.75. The van der Waals surface area contributed by atoms with E-state index in [0.29, 0.717) is 0 Å². The summed E-state index contributed by atoms with van der Waals surface area (Å²) in [7, 11) is 3.90. The van der Waals surface area contributed by atoms with Crippen LogP contribution in [0.5, 0.6) is 0 Å². The van der Waals surface area contributed by atoms with Gasteiger partial charge in [0.2, 0.25) is 0 Å². The van der Waals surface area contributed by atoms with E-state index in [2.05, 4.69) is 41.8 Å². The molecule has 0 fully saturated rings. The lowest BCUT2D eigenvalue weighted by Crippen LogP contribution is -1.82. The Morgan fingerprint density at radius 3 is 1.25 bits per heavy atom. The maximum atomic E-state index is 4.09. The quantitative estimate of drug-likeness (QED) is 0.733. The van der Waals surface area contributed by atoms with Crippen LogP contribution >= 0.6 is 31.9 Å². The van der Waals surface area contributed by atoms with Crippen LogP contribution in [0.15, 0.2) is 21.9 Å². The van der Waals surface area contributed by atoms with Gasteiger partial charge in [0.05, 0.1) is 11.4 Å². The van der Waals surface area contributed by atoms with Crippen molar-refractivity contribution in [3.8, 4) is 0 Å². The van der Waals surface area contributed by atoms with Crippen LogP contribution in [0.1, 0.15) is 11.4 Å². The topological polar surface area (TPSA) is 35.6 Å². The molecule has 16 heavy (non-hydrogen) atoms. The minimum absolute atomic E-state index is 0.884. The number of hydrogen-bond donors (Lipinski definition) is 0. The largest absolute Gasteiger partial charge is 0.328 e. The van der Waals surface area contributed by atoms with Crippen molar-refractivity contribution >= 4 is 31.9 Å². The summed E-state index contributed by atoms with van der Waals surface area (Å²) < 4.78 is 5.62. The second kappa shape index (κ2) is 5.63. The van der Waals surface area contributed by atoms with Gasteiger partial charge in [-0.25, -0.2) is 9.97 Å². The highest BCUT2D eigenvalue weighted by Crippen LogP contribution is 2.06. The zero-order chi connectivity index (χ0) is 12.3. The third-order valence-corrected chi connectivity index (χ3v) is 3.35. The summed E-state index contributed by atoms with van der Waals surface area (Å²) in [5, 5.41) is 0. The van der Waals surface area contributed by atoms with Gasteiger partial charge in [0.1, 0.15) is 0 Å². The van der Waals surface area contributed by atoms with E-state index in [9.17, 15) is 0 Å². The average molecular weight is 350 g/mol. The second-order valence-corrected chi connectivity index (χ2v) is 4.94. The maximum absolute atomic E-state index is 4.09. The van der Waals surface area contributed by atoms with Gasteiger partial charge in [-0.15, -0.1) is 0 Å². The van der Waals surface area contributed by atoms with Crippen LogP contribution < -0.4 is 0 Å². The number of rotatable bonds is 0. The van der Waals surface area contributed by atoms with Crippen molar-refractivity contribution in [1.82, 2.24) is 19.1 Å². The summed E-state index contributed by atoms with van der Waals surface area (Å²) in [6.07, 6.45) is 3.92. The van der Waals surface area contributed by atoms with Crippen LogP contribution in [0.4, 0.5) is 0 Å². The predicted molar refractivity (Wildman–Crippen MR) is 71.3 cm³/mol. The zero-order valence-electron chi connectivity index (χ0n) is 9.70. The number of nitrogens with zero attached hydrogens (tertiary/aromatic N) is 4. The molecule has 4 nitrogen and oxygen atoms in total. The standard InChI is InChI=1S/2C5H7BrN2/c2*1-4-3-8(2)5(6)7-4/h2*3H,1-2H3. The SMILES string of the molecule is Cc1cn(C)c(Br)n1.Cc1cn(C)c(Br)n1. The second-order valence-electron chi connectivity index (χ2n) is 3.52. The minimum Gasteiger partial charge on any atom is -0.328 e. The molecule has 2 rings (SSSR count). The van der Waals surface area contributed by atoms with E-state index >= 15 is 0 Å². The molecule has 0 saturated heterocycles. The molecule has 0 bridgehead atoms. The lowest BCUT2D eigenvalue weighted by Gasteiger charge is -1.85. The van der Waals surface area contributed by atoms with E-state index in [4.69, 9.17) is 0 Å².